The Morgan fingerprint density at radius 2 is 1.88 bits per heavy atom. The maximum absolute atomic E-state index is 13.0. The Morgan fingerprint density at radius 3 is 2.61 bits per heavy atom. The highest BCUT2D eigenvalue weighted by Crippen LogP contribution is 2.35. The second-order valence-electron chi connectivity index (χ2n) is 7.81. The van der Waals surface area contributed by atoms with Gasteiger partial charge in [-0.2, -0.15) is 0 Å². The summed E-state index contributed by atoms with van der Waals surface area (Å²) in [5.41, 5.74) is 12.5. The van der Waals surface area contributed by atoms with Crippen molar-refractivity contribution >= 4 is 34.2 Å². The first-order chi connectivity index (χ1) is 16.0. The van der Waals surface area contributed by atoms with Crippen LogP contribution in [-0.2, 0) is 11.3 Å². The molecule has 2 heterocycles. The number of ether oxygens (including phenoxy) is 1. The van der Waals surface area contributed by atoms with Gasteiger partial charge in [-0.25, -0.2) is 4.98 Å². The predicted molar refractivity (Wildman–Crippen MR) is 134 cm³/mol. The standard InChI is InChI=1S/C26H27ClN4O2/c1-4-31(5-2)26(32)21-10-17(12-23(27)24(21)28)18-11-20-22(14-30-25(20)29-13-18)19-9-7-6-8-16(19)15-33-3/h6-14H,4-5,15,28H2,1-3H3,(H,29,30). The fourth-order valence-corrected chi connectivity index (χ4v) is 4.31. The van der Waals surface area contributed by atoms with Gasteiger partial charge in [-0.15, -0.1) is 0 Å². The third kappa shape index (κ3) is 4.32. The fraction of sp³-hybridized carbons (Fsp3) is 0.231. The molecule has 0 bridgehead atoms. The Morgan fingerprint density at radius 1 is 1.12 bits per heavy atom. The van der Waals surface area contributed by atoms with Crippen LogP contribution in [0, 0.1) is 0 Å². The number of carbonyl (C=O) groups is 1. The molecule has 0 fully saturated rings. The van der Waals surface area contributed by atoms with E-state index in [4.69, 9.17) is 22.1 Å². The third-order valence-corrected chi connectivity index (χ3v) is 6.20. The molecule has 33 heavy (non-hydrogen) atoms. The number of nitrogen functional groups attached to an aromatic ring is 1. The number of carbonyl (C=O) groups excluding carboxylic acids is 1. The molecule has 4 aromatic rings. The van der Waals surface area contributed by atoms with Crippen molar-refractivity contribution in [3.63, 3.8) is 0 Å². The van der Waals surface area contributed by atoms with Crippen LogP contribution in [-0.4, -0.2) is 41.0 Å². The quantitative estimate of drug-likeness (QED) is 0.342. The lowest BCUT2D eigenvalue weighted by atomic mass is 9.97. The molecule has 0 radical (unpaired) electrons. The van der Waals surface area contributed by atoms with Crippen LogP contribution in [0.4, 0.5) is 5.69 Å². The number of aromatic amines is 1. The van der Waals surface area contributed by atoms with E-state index in [1.807, 2.05) is 32.2 Å². The van der Waals surface area contributed by atoms with Crippen LogP contribution in [0.3, 0.4) is 0 Å². The number of H-pyrrole nitrogens is 1. The molecule has 6 nitrogen and oxygen atoms in total. The molecule has 1 amide bonds. The van der Waals surface area contributed by atoms with Crippen LogP contribution in [0.5, 0.6) is 0 Å². The number of nitrogens with one attached hydrogen (secondary N) is 1. The average molecular weight is 463 g/mol. The SMILES string of the molecule is CCN(CC)C(=O)c1cc(-c2cnc3[nH]cc(-c4ccccc4COC)c3c2)cc(Cl)c1N. The fourth-order valence-electron chi connectivity index (χ4n) is 4.09. The van der Waals surface area contributed by atoms with Crippen molar-refractivity contribution in [2.75, 3.05) is 25.9 Å². The molecular formula is C26H27ClN4O2. The molecule has 0 aliphatic heterocycles. The number of methoxy groups -OCH3 is 1. The minimum absolute atomic E-state index is 0.133. The van der Waals surface area contributed by atoms with E-state index in [2.05, 4.69) is 28.2 Å². The Bertz CT molecular complexity index is 1310. The number of hydrogen-bond donors (Lipinski definition) is 2. The van der Waals surface area contributed by atoms with Crippen molar-refractivity contribution in [1.82, 2.24) is 14.9 Å². The van der Waals surface area contributed by atoms with E-state index in [0.29, 0.717) is 36.0 Å². The monoisotopic (exact) mass is 462 g/mol. The topological polar surface area (TPSA) is 84.2 Å². The van der Waals surface area contributed by atoms with E-state index < -0.39 is 0 Å². The van der Waals surface area contributed by atoms with Gasteiger partial charge in [0.15, 0.2) is 0 Å². The van der Waals surface area contributed by atoms with Crippen LogP contribution in [0.1, 0.15) is 29.8 Å². The highest BCUT2D eigenvalue weighted by Gasteiger charge is 2.20. The molecule has 0 spiro atoms. The van der Waals surface area contributed by atoms with Gasteiger partial charge in [0.1, 0.15) is 5.65 Å². The molecule has 170 valence electrons. The molecule has 0 aliphatic carbocycles. The maximum Gasteiger partial charge on any atom is 0.256 e. The molecule has 7 heteroatoms. The third-order valence-electron chi connectivity index (χ3n) is 5.88. The lowest BCUT2D eigenvalue weighted by molar-refractivity contribution is 0.0774. The van der Waals surface area contributed by atoms with Crippen molar-refractivity contribution in [1.29, 1.82) is 0 Å². The second-order valence-corrected chi connectivity index (χ2v) is 8.22. The molecule has 0 unspecified atom stereocenters. The summed E-state index contributed by atoms with van der Waals surface area (Å²) in [5, 5.41) is 1.32. The van der Waals surface area contributed by atoms with E-state index in [9.17, 15) is 4.79 Å². The van der Waals surface area contributed by atoms with Gasteiger partial charge in [-0.1, -0.05) is 35.9 Å². The van der Waals surface area contributed by atoms with Gasteiger partial charge in [-0.3, -0.25) is 4.79 Å². The summed E-state index contributed by atoms with van der Waals surface area (Å²) < 4.78 is 5.38. The van der Waals surface area contributed by atoms with E-state index in [0.717, 1.165) is 38.9 Å². The minimum Gasteiger partial charge on any atom is -0.397 e. The summed E-state index contributed by atoms with van der Waals surface area (Å²) in [4.78, 5) is 22.6. The number of nitrogens with two attached hydrogens (primary N) is 1. The molecule has 0 aliphatic rings. The van der Waals surface area contributed by atoms with Crippen LogP contribution >= 0.6 is 11.6 Å². The number of hydrogen-bond acceptors (Lipinski definition) is 4. The van der Waals surface area contributed by atoms with Gasteiger partial charge in [0.2, 0.25) is 0 Å². The molecule has 3 N–H and O–H groups in total. The van der Waals surface area contributed by atoms with Gasteiger partial charge in [0.05, 0.1) is 22.9 Å². The van der Waals surface area contributed by atoms with Crippen molar-refractivity contribution in [3.8, 4) is 22.3 Å². The maximum atomic E-state index is 13.0. The molecule has 2 aromatic carbocycles. The highest BCUT2D eigenvalue weighted by atomic mass is 35.5. The van der Waals surface area contributed by atoms with Gasteiger partial charge < -0.3 is 20.4 Å². The summed E-state index contributed by atoms with van der Waals surface area (Å²) in [6.07, 6.45) is 3.73. The van der Waals surface area contributed by atoms with Gasteiger partial charge in [0, 0.05) is 49.1 Å². The zero-order chi connectivity index (χ0) is 23.5. The van der Waals surface area contributed by atoms with Gasteiger partial charge in [0.25, 0.3) is 5.91 Å². The summed E-state index contributed by atoms with van der Waals surface area (Å²) in [5.74, 6) is -0.133. The molecule has 0 saturated heterocycles. The van der Waals surface area contributed by atoms with Crippen molar-refractivity contribution in [2.24, 2.45) is 0 Å². The largest absolute Gasteiger partial charge is 0.397 e. The highest BCUT2D eigenvalue weighted by molar-refractivity contribution is 6.34. The van der Waals surface area contributed by atoms with E-state index in [1.165, 1.54) is 0 Å². The van der Waals surface area contributed by atoms with Crippen LogP contribution in [0.25, 0.3) is 33.3 Å². The number of nitrogens with zero attached hydrogens (tertiary/aromatic N) is 2. The summed E-state index contributed by atoms with van der Waals surface area (Å²) in [6.45, 7) is 5.58. The molecule has 4 rings (SSSR count). The number of halogens is 1. The number of rotatable bonds is 7. The summed E-state index contributed by atoms with van der Waals surface area (Å²) >= 11 is 6.45. The zero-order valence-corrected chi connectivity index (χ0v) is 19.7. The Labute approximate surface area is 198 Å². The summed E-state index contributed by atoms with van der Waals surface area (Å²) in [6, 6.07) is 13.8. The lowest BCUT2D eigenvalue weighted by Gasteiger charge is -2.20. The van der Waals surface area contributed by atoms with E-state index >= 15 is 0 Å². The van der Waals surface area contributed by atoms with Crippen LogP contribution in [0.15, 0.2) is 54.9 Å². The average Bonchev–Trinajstić information content (AvgIpc) is 3.25. The number of aromatic nitrogens is 2. The first kappa shape index (κ1) is 22.8. The number of pyridine rings is 1. The zero-order valence-electron chi connectivity index (χ0n) is 19.0. The van der Waals surface area contributed by atoms with E-state index in [1.54, 1.807) is 30.3 Å². The Balaban J connectivity index is 1.84. The number of benzene rings is 2. The Kier molecular flexibility index (Phi) is 6.67. The molecule has 2 aromatic heterocycles. The van der Waals surface area contributed by atoms with Crippen LogP contribution < -0.4 is 5.73 Å². The lowest BCUT2D eigenvalue weighted by Crippen LogP contribution is -2.31. The number of fused-ring (bicyclic) bond motifs is 1. The first-order valence-electron chi connectivity index (χ1n) is 10.9. The predicted octanol–water partition coefficient (Wildman–Crippen LogP) is 5.76. The normalized spacial score (nSPS) is 11.2. The van der Waals surface area contributed by atoms with Gasteiger partial charge in [-0.05, 0) is 48.7 Å². The first-order valence-corrected chi connectivity index (χ1v) is 11.3. The smallest absolute Gasteiger partial charge is 0.256 e. The Hall–Kier alpha value is -3.35. The number of anilines is 1. The van der Waals surface area contributed by atoms with Crippen molar-refractivity contribution in [3.05, 3.63) is 71.0 Å². The molecule has 0 atom stereocenters. The molecular weight excluding hydrogens is 436 g/mol. The van der Waals surface area contributed by atoms with E-state index in [-0.39, 0.29) is 5.91 Å². The van der Waals surface area contributed by atoms with Crippen molar-refractivity contribution in [2.45, 2.75) is 20.5 Å². The summed E-state index contributed by atoms with van der Waals surface area (Å²) in [7, 11) is 1.69. The second kappa shape index (κ2) is 9.65. The van der Waals surface area contributed by atoms with Gasteiger partial charge >= 0.3 is 0 Å². The van der Waals surface area contributed by atoms with Crippen molar-refractivity contribution < 1.29 is 9.53 Å². The minimum atomic E-state index is -0.133. The number of amides is 1. The molecule has 0 saturated carbocycles. The van der Waals surface area contributed by atoms with Crippen LogP contribution in [0.2, 0.25) is 5.02 Å².